The fourth-order valence-electron chi connectivity index (χ4n) is 1.46. The number of carbonyl (C=O) groups excluding carboxylic acids is 1. The molecule has 0 radical (unpaired) electrons. The van der Waals surface area contributed by atoms with Crippen molar-refractivity contribution in [1.29, 1.82) is 0 Å². The van der Waals surface area contributed by atoms with Crippen LogP contribution in [0.1, 0.15) is 26.2 Å². The number of ketones is 1. The lowest BCUT2D eigenvalue weighted by atomic mass is 10.0. The number of aliphatic hydroxyl groups is 1. The van der Waals surface area contributed by atoms with E-state index in [9.17, 15) is 9.90 Å². The molecule has 0 aliphatic carbocycles. The summed E-state index contributed by atoms with van der Waals surface area (Å²) >= 11 is 0. The van der Waals surface area contributed by atoms with Gasteiger partial charge in [0.25, 0.3) is 0 Å². The molecule has 0 bridgehead atoms. The third-order valence-corrected chi connectivity index (χ3v) is 2.62. The molecular formula is C12H22O5. The second kappa shape index (κ2) is 7.55. The molecule has 0 spiro atoms. The van der Waals surface area contributed by atoms with E-state index >= 15 is 0 Å². The lowest BCUT2D eigenvalue weighted by Gasteiger charge is -2.31. The summed E-state index contributed by atoms with van der Waals surface area (Å²) in [5, 5.41) is 9.89. The molecule has 0 fully saturated rings. The van der Waals surface area contributed by atoms with Crippen LogP contribution in [-0.2, 0) is 19.0 Å². The van der Waals surface area contributed by atoms with Gasteiger partial charge in [-0.1, -0.05) is 6.58 Å². The molecule has 0 aromatic carbocycles. The van der Waals surface area contributed by atoms with Gasteiger partial charge in [0, 0.05) is 27.8 Å². The average Bonchev–Trinajstić information content (AvgIpc) is 2.33. The van der Waals surface area contributed by atoms with Crippen LogP contribution in [0.25, 0.3) is 0 Å². The molecule has 0 aliphatic heterocycles. The Balaban J connectivity index is 4.24. The first-order valence-electron chi connectivity index (χ1n) is 5.45. The SMILES string of the molecule is C=C(C)C(=O)CCCC(OC)C(O)(OC)OC. The number of methoxy groups -OCH3 is 3. The van der Waals surface area contributed by atoms with Gasteiger partial charge in [0.1, 0.15) is 6.10 Å². The van der Waals surface area contributed by atoms with Gasteiger partial charge < -0.3 is 19.3 Å². The minimum absolute atomic E-state index is 0.0122. The van der Waals surface area contributed by atoms with Crippen molar-refractivity contribution < 1.29 is 24.1 Å². The molecule has 0 aliphatic rings. The molecule has 17 heavy (non-hydrogen) atoms. The number of hydrogen-bond donors (Lipinski definition) is 1. The standard InChI is InChI=1S/C12H22O5/c1-9(2)10(13)7-6-8-11(15-3)12(14,16-4)17-5/h11,14H,1,6-8H2,2-5H3. The number of allylic oxidation sites excluding steroid dienone is 1. The van der Waals surface area contributed by atoms with E-state index in [1.165, 1.54) is 21.3 Å². The molecule has 0 saturated carbocycles. The first-order valence-corrected chi connectivity index (χ1v) is 5.45. The van der Waals surface area contributed by atoms with Crippen LogP contribution in [0.15, 0.2) is 12.2 Å². The van der Waals surface area contributed by atoms with E-state index in [2.05, 4.69) is 6.58 Å². The second-order valence-electron chi connectivity index (χ2n) is 3.86. The van der Waals surface area contributed by atoms with Crippen molar-refractivity contribution in [3.8, 4) is 0 Å². The molecule has 0 rings (SSSR count). The largest absolute Gasteiger partial charge is 0.373 e. The zero-order chi connectivity index (χ0) is 13.5. The number of carbonyl (C=O) groups is 1. The summed E-state index contributed by atoms with van der Waals surface area (Å²) in [7, 11) is 4.11. The van der Waals surface area contributed by atoms with Crippen molar-refractivity contribution >= 4 is 5.78 Å². The topological polar surface area (TPSA) is 65.0 Å². The molecule has 1 unspecified atom stereocenters. The summed E-state index contributed by atoms with van der Waals surface area (Å²) in [6.07, 6.45) is 0.751. The normalized spacial score (nSPS) is 13.5. The van der Waals surface area contributed by atoms with Crippen LogP contribution >= 0.6 is 0 Å². The van der Waals surface area contributed by atoms with Crippen LogP contribution in [0.2, 0.25) is 0 Å². The molecule has 5 heteroatoms. The van der Waals surface area contributed by atoms with E-state index in [1.807, 2.05) is 0 Å². The molecule has 100 valence electrons. The Labute approximate surface area is 102 Å². The van der Waals surface area contributed by atoms with E-state index in [0.29, 0.717) is 24.8 Å². The summed E-state index contributed by atoms with van der Waals surface area (Å²) in [5.74, 6) is -1.76. The van der Waals surface area contributed by atoms with E-state index < -0.39 is 12.1 Å². The van der Waals surface area contributed by atoms with Crippen LogP contribution in [0.4, 0.5) is 0 Å². The number of ether oxygens (including phenoxy) is 3. The lowest BCUT2D eigenvalue weighted by molar-refractivity contribution is -0.381. The van der Waals surface area contributed by atoms with Crippen LogP contribution in [-0.4, -0.2) is 44.3 Å². The predicted octanol–water partition coefficient (Wildman–Crippen LogP) is 1.26. The number of Topliss-reactive ketones (excluding diaryl/α,β-unsaturated/α-hetero) is 1. The maximum Gasteiger partial charge on any atom is 0.307 e. The van der Waals surface area contributed by atoms with Crippen LogP contribution < -0.4 is 0 Å². The third-order valence-electron chi connectivity index (χ3n) is 2.62. The molecule has 0 saturated heterocycles. The highest BCUT2D eigenvalue weighted by Gasteiger charge is 2.37. The fraction of sp³-hybridized carbons (Fsp3) is 0.750. The summed E-state index contributed by atoms with van der Waals surface area (Å²) in [6.45, 7) is 5.25. The number of rotatable bonds is 9. The first-order chi connectivity index (χ1) is 7.91. The Bertz CT molecular complexity index is 258. The minimum Gasteiger partial charge on any atom is -0.373 e. The van der Waals surface area contributed by atoms with E-state index in [0.717, 1.165) is 0 Å². The smallest absolute Gasteiger partial charge is 0.307 e. The Morgan fingerprint density at radius 2 is 1.88 bits per heavy atom. The van der Waals surface area contributed by atoms with E-state index in [4.69, 9.17) is 14.2 Å². The summed E-state index contributed by atoms with van der Waals surface area (Å²) in [4.78, 5) is 11.3. The van der Waals surface area contributed by atoms with Gasteiger partial charge in [-0.2, -0.15) is 0 Å². The van der Waals surface area contributed by atoms with Crippen LogP contribution in [0, 0.1) is 0 Å². The molecule has 0 heterocycles. The molecule has 1 atom stereocenters. The Hall–Kier alpha value is -0.750. The Morgan fingerprint density at radius 1 is 1.35 bits per heavy atom. The maximum absolute atomic E-state index is 11.3. The van der Waals surface area contributed by atoms with E-state index in [1.54, 1.807) is 6.92 Å². The van der Waals surface area contributed by atoms with Gasteiger partial charge in [0.2, 0.25) is 0 Å². The highest BCUT2D eigenvalue weighted by Crippen LogP contribution is 2.20. The van der Waals surface area contributed by atoms with Crippen molar-refractivity contribution in [2.75, 3.05) is 21.3 Å². The zero-order valence-corrected chi connectivity index (χ0v) is 11.0. The monoisotopic (exact) mass is 246 g/mol. The van der Waals surface area contributed by atoms with Gasteiger partial charge >= 0.3 is 5.97 Å². The van der Waals surface area contributed by atoms with E-state index in [-0.39, 0.29) is 5.78 Å². The van der Waals surface area contributed by atoms with Crippen LogP contribution in [0.5, 0.6) is 0 Å². The van der Waals surface area contributed by atoms with Gasteiger partial charge in [-0.15, -0.1) is 0 Å². The maximum atomic E-state index is 11.3. The van der Waals surface area contributed by atoms with Gasteiger partial charge in [0.15, 0.2) is 5.78 Å². The molecule has 0 aromatic heterocycles. The summed E-state index contributed by atoms with van der Waals surface area (Å²) in [6, 6.07) is 0. The molecule has 0 amide bonds. The van der Waals surface area contributed by atoms with Crippen molar-refractivity contribution in [1.82, 2.24) is 0 Å². The zero-order valence-electron chi connectivity index (χ0n) is 11.0. The predicted molar refractivity (Wildman–Crippen MR) is 63.4 cm³/mol. The lowest BCUT2D eigenvalue weighted by Crippen LogP contribution is -2.47. The van der Waals surface area contributed by atoms with Crippen molar-refractivity contribution in [3.63, 3.8) is 0 Å². The van der Waals surface area contributed by atoms with Crippen LogP contribution in [0.3, 0.4) is 0 Å². The summed E-state index contributed by atoms with van der Waals surface area (Å²) in [5.41, 5.74) is 0.535. The average molecular weight is 246 g/mol. The highest BCUT2D eigenvalue weighted by molar-refractivity contribution is 5.93. The van der Waals surface area contributed by atoms with Gasteiger partial charge in [-0.25, -0.2) is 0 Å². The molecule has 1 N–H and O–H groups in total. The van der Waals surface area contributed by atoms with Gasteiger partial charge in [0.05, 0.1) is 0 Å². The third kappa shape index (κ3) is 4.95. The fourth-order valence-corrected chi connectivity index (χ4v) is 1.46. The number of hydrogen-bond acceptors (Lipinski definition) is 5. The Kier molecular flexibility index (Phi) is 7.22. The van der Waals surface area contributed by atoms with Crippen molar-refractivity contribution in [2.24, 2.45) is 0 Å². The minimum atomic E-state index is -1.78. The van der Waals surface area contributed by atoms with Gasteiger partial charge in [-0.3, -0.25) is 4.79 Å². The highest BCUT2D eigenvalue weighted by atomic mass is 16.8. The van der Waals surface area contributed by atoms with Crippen molar-refractivity contribution in [2.45, 2.75) is 38.3 Å². The quantitative estimate of drug-likeness (QED) is 0.490. The summed E-state index contributed by atoms with van der Waals surface area (Å²) < 4.78 is 14.8. The Morgan fingerprint density at radius 3 is 2.24 bits per heavy atom. The molecule has 0 aromatic rings. The molecular weight excluding hydrogens is 224 g/mol. The first kappa shape index (κ1) is 16.2. The van der Waals surface area contributed by atoms with Crippen molar-refractivity contribution in [3.05, 3.63) is 12.2 Å². The second-order valence-corrected chi connectivity index (χ2v) is 3.86. The van der Waals surface area contributed by atoms with Gasteiger partial charge in [-0.05, 0) is 25.3 Å². The molecule has 5 nitrogen and oxygen atoms in total.